The molecule has 8 aromatic carbocycles. The number of benzene rings is 8. The van der Waals surface area contributed by atoms with Crippen molar-refractivity contribution in [3.63, 3.8) is 0 Å². The summed E-state index contributed by atoms with van der Waals surface area (Å²) in [6.07, 6.45) is 0. The van der Waals surface area contributed by atoms with Gasteiger partial charge in [-0.2, -0.15) is 0 Å². The number of nitrogens with zero attached hydrogens (tertiary/aromatic N) is 2. The minimum absolute atomic E-state index is 0.561. The molecule has 4 nitrogen and oxygen atoms in total. The van der Waals surface area contributed by atoms with Crippen LogP contribution in [0.4, 0.5) is 17.1 Å². The Kier molecular flexibility index (Phi) is 7.43. The van der Waals surface area contributed by atoms with Gasteiger partial charge in [0.1, 0.15) is 16.8 Å². The highest BCUT2D eigenvalue weighted by molar-refractivity contribution is 6.17. The number of hydrogen-bond acceptors (Lipinski definition) is 4. The molecule has 0 aliphatic heterocycles. The molecular weight excluding hydrogens is 649 g/mol. The van der Waals surface area contributed by atoms with E-state index in [4.69, 9.17) is 13.8 Å². The van der Waals surface area contributed by atoms with E-state index in [0.717, 1.165) is 72.3 Å². The number of furan rings is 1. The fourth-order valence-electron chi connectivity index (χ4n) is 7.28. The Hall–Kier alpha value is -7.17. The maximum atomic E-state index is 6.76. The van der Waals surface area contributed by atoms with Gasteiger partial charge in [-0.05, 0) is 81.9 Å². The highest BCUT2D eigenvalue weighted by Crippen LogP contribution is 2.48. The van der Waals surface area contributed by atoms with Gasteiger partial charge in [0.15, 0.2) is 11.2 Å². The average molecular weight is 681 g/mol. The van der Waals surface area contributed by atoms with Crippen molar-refractivity contribution < 1.29 is 8.83 Å². The van der Waals surface area contributed by atoms with Gasteiger partial charge < -0.3 is 13.7 Å². The van der Waals surface area contributed by atoms with E-state index >= 15 is 0 Å². The number of oxazole rings is 1. The summed E-state index contributed by atoms with van der Waals surface area (Å²) in [4.78, 5) is 7.31. The zero-order valence-electron chi connectivity index (χ0n) is 28.7. The molecule has 2 heterocycles. The van der Waals surface area contributed by atoms with E-state index in [1.807, 2.05) is 60.7 Å². The van der Waals surface area contributed by atoms with Gasteiger partial charge in [-0.1, -0.05) is 146 Å². The van der Waals surface area contributed by atoms with E-state index in [9.17, 15) is 0 Å². The molecule has 0 saturated heterocycles. The maximum absolute atomic E-state index is 6.76. The smallest absolute Gasteiger partial charge is 0.227 e. The molecule has 0 atom stereocenters. The molecule has 0 N–H and O–H groups in total. The van der Waals surface area contributed by atoms with E-state index in [0.29, 0.717) is 11.5 Å². The summed E-state index contributed by atoms with van der Waals surface area (Å²) in [5.41, 5.74) is 13.5. The Morgan fingerprint density at radius 3 is 1.55 bits per heavy atom. The van der Waals surface area contributed by atoms with E-state index in [1.165, 1.54) is 11.1 Å². The van der Waals surface area contributed by atoms with Crippen LogP contribution in [0.3, 0.4) is 0 Å². The van der Waals surface area contributed by atoms with Gasteiger partial charge in [0.2, 0.25) is 5.89 Å². The lowest BCUT2D eigenvalue weighted by molar-refractivity contribution is 0.618. The Morgan fingerprint density at radius 1 is 0.358 bits per heavy atom. The molecule has 4 heteroatoms. The quantitative estimate of drug-likeness (QED) is 0.168. The van der Waals surface area contributed by atoms with Gasteiger partial charge in [-0.25, -0.2) is 4.98 Å². The summed E-state index contributed by atoms with van der Waals surface area (Å²) in [5, 5.41) is 2.01. The lowest BCUT2D eigenvalue weighted by Crippen LogP contribution is -2.11. The van der Waals surface area contributed by atoms with E-state index in [2.05, 4.69) is 138 Å². The predicted molar refractivity (Wildman–Crippen MR) is 218 cm³/mol. The van der Waals surface area contributed by atoms with Gasteiger partial charge in [0, 0.05) is 27.7 Å². The van der Waals surface area contributed by atoms with Crippen molar-refractivity contribution in [2.45, 2.75) is 0 Å². The van der Waals surface area contributed by atoms with Crippen molar-refractivity contribution in [3.05, 3.63) is 194 Å². The SMILES string of the molecule is c1ccc(-c2ccc(-c3ccc(N(c4cccc(-c5ccccc5)c4)c4c5oc(-c6ccccc6)nc5cc5c4oc4ccccc45)cc3)cc2)cc1. The lowest BCUT2D eigenvalue weighted by Gasteiger charge is -2.26. The lowest BCUT2D eigenvalue weighted by atomic mass is 10.00. The number of rotatable bonds is 7. The predicted octanol–water partition coefficient (Wildman–Crippen LogP) is 13.9. The summed E-state index contributed by atoms with van der Waals surface area (Å²) >= 11 is 0. The number of anilines is 3. The molecule has 0 bridgehead atoms. The Bertz CT molecular complexity index is 2860. The number of para-hydroxylation sites is 1. The van der Waals surface area contributed by atoms with E-state index in [-0.39, 0.29) is 0 Å². The molecule has 0 unspecified atom stereocenters. The minimum Gasteiger partial charge on any atom is -0.454 e. The Balaban J connectivity index is 1.18. The van der Waals surface area contributed by atoms with Crippen LogP contribution in [0.1, 0.15) is 0 Å². The second kappa shape index (κ2) is 12.9. The first kappa shape index (κ1) is 30.6. The second-order valence-electron chi connectivity index (χ2n) is 13.2. The molecule has 250 valence electrons. The van der Waals surface area contributed by atoms with Crippen molar-refractivity contribution in [2.24, 2.45) is 0 Å². The number of hydrogen-bond donors (Lipinski definition) is 0. The molecule has 0 aliphatic carbocycles. The van der Waals surface area contributed by atoms with Gasteiger partial charge >= 0.3 is 0 Å². The molecule has 0 fully saturated rings. The van der Waals surface area contributed by atoms with Crippen molar-refractivity contribution in [3.8, 4) is 44.8 Å². The molecule has 0 amide bonds. The minimum atomic E-state index is 0.561. The molecule has 10 rings (SSSR count). The van der Waals surface area contributed by atoms with Crippen molar-refractivity contribution >= 4 is 50.1 Å². The van der Waals surface area contributed by atoms with Gasteiger partial charge in [0.05, 0.1) is 0 Å². The van der Waals surface area contributed by atoms with Crippen LogP contribution in [0.15, 0.2) is 203 Å². The average Bonchev–Trinajstić information content (AvgIpc) is 3.84. The third-order valence-corrected chi connectivity index (χ3v) is 9.91. The van der Waals surface area contributed by atoms with E-state index in [1.54, 1.807) is 0 Å². The Morgan fingerprint density at radius 2 is 0.887 bits per heavy atom. The summed E-state index contributed by atoms with van der Waals surface area (Å²) in [6, 6.07) is 67.4. The third kappa shape index (κ3) is 5.54. The molecule has 53 heavy (non-hydrogen) atoms. The van der Waals surface area contributed by atoms with E-state index < -0.39 is 0 Å². The molecule has 0 radical (unpaired) electrons. The number of fused-ring (bicyclic) bond motifs is 4. The van der Waals surface area contributed by atoms with Crippen LogP contribution < -0.4 is 4.90 Å². The molecule has 0 aliphatic rings. The molecule has 2 aromatic heterocycles. The van der Waals surface area contributed by atoms with Crippen LogP contribution in [0.2, 0.25) is 0 Å². The fourth-order valence-corrected chi connectivity index (χ4v) is 7.28. The molecule has 10 aromatic rings. The highest BCUT2D eigenvalue weighted by atomic mass is 16.4. The monoisotopic (exact) mass is 680 g/mol. The van der Waals surface area contributed by atoms with Crippen LogP contribution in [0, 0.1) is 0 Å². The standard InChI is InChI=1S/C49H32N2O2/c1-4-13-33(14-5-1)35-23-25-36(26-24-35)37-27-29-40(30-28-37)51(41-20-12-19-39(31-41)34-15-6-2-7-16-34)46-47-43(42-21-10-11-22-45(42)52-47)32-44-48(46)53-49(50-44)38-17-8-3-9-18-38/h1-32H. The Labute approximate surface area is 306 Å². The van der Waals surface area contributed by atoms with Crippen LogP contribution in [0.5, 0.6) is 0 Å². The van der Waals surface area contributed by atoms with Crippen LogP contribution in [-0.2, 0) is 0 Å². The number of aromatic nitrogens is 1. The van der Waals surface area contributed by atoms with Crippen molar-refractivity contribution in [2.75, 3.05) is 4.90 Å². The normalized spacial score (nSPS) is 11.4. The third-order valence-electron chi connectivity index (χ3n) is 9.91. The van der Waals surface area contributed by atoms with Crippen molar-refractivity contribution in [1.29, 1.82) is 0 Å². The highest BCUT2D eigenvalue weighted by Gasteiger charge is 2.27. The van der Waals surface area contributed by atoms with Crippen LogP contribution in [-0.4, -0.2) is 4.98 Å². The zero-order valence-corrected chi connectivity index (χ0v) is 28.7. The molecular formula is C49H32N2O2. The zero-order chi connectivity index (χ0) is 35.1. The maximum Gasteiger partial charge on any atom is 0.227 e. The topological polar surface area (TPSA) is 42.4 Å². The van der Waals surface area contributed by atoms with Crippen LogP contribution in [0.25, 0.3) is 77.9 Å². The summed E-state index contributed by atoms with van der Waals surface area (Å²) in [6.45, 7) is 0. The first-order valence-corrected chi connectivity index (χ1v) is 17.8. The molecule has 0 spiro atoms. The summed E-state index contributed by atoms with van der Waals surface area (Å²) in [5.74, 6) is 0.561. The van der Waals surface area contributed by atoms with Crippen molar-refractivity contribution in [1.82, 2.24) is 4.98 Å². The largest absolute Gasteiger partial charge is 0.454 e. The fraction of sp³-hybridized carbons (Fsp3) is 0. The summed E-state index contributed by atoms with van der Waals surface area (Å²) < 4.78 is 13.5. The molecule has 0 saturated carbocycles. The first-order valence-electron chi connectivity index (χ1n) is 17.8. The summed E-state index contributed by atoms with van der Waals surface area (Å²) in [7, 11) is 0. The van der Waals surface area contributed by atoms with Gasteiger partial charge in [-0.3, -0.25) is 0 Å². The van der Waals surface area contributed by atoms with Gasteiger partial charge in [-0.15, -0.1) is 0 Å². The van der Waals surface area contributed by atoms with Gasteiger partial charge in [0.25, 0.3) is 0 Å². The van der Waals surface area contributed by atoms with Crippen LogP contribution >= 0.6 is 0 Å². The first-order chi connectivity index (χ1) is 26.3. The second-order valence-corrected chi connectivity index (χ2v) is 13.2.